The Morgan fingerprint density at radius 3 is 3.06 bits per heavy atom. The van der Waals surface area contributed by atoms with Crippen LogP contribution in [0, 0.1) is 0 Å². The minimum atomic E-state index is -0.710. The Morgan fingerprint density at radius 1 is 1.50 bits per heavy atom. The third-order valence-electron chi connectivity index (χ3n) is 3.08. The van der Waals surface area contributed by atoms with E-state index in [4.69, 9.17) is 15.6 Å². The molecule has 3 heterocycles. The fraction of sp³-hybridized carbons (Fsp3) is 0.500. The largest absolute Gasteiger partial charge is 0.394 e. The Morgan fingerprint density at radius 2 is 2.33 bits per heavy atom. The van der Waals surface area contributed by atoms with Crippen molar-refractivity contribution in [3.63, 3.8) is 0 Å². The zero-order valence-corrected chi connectivity index (χ0v) is 9.47. The Kier molecular flexibility index (Phi) is 2.62. The summed E-state index contributed by atoms with van der Waals surface area (Å²) in [6, 6.07) is 0. The maximum atomic E-state index is 9.70. The van der Waals surface area contributed by atoms with Gasteiger partial charge in [0.15, 0.2) is 11.9 Å². The molecule has 0 aliphatic carbocycles. The Hall–Kier alpha value is -1.77. The van der Waals surface area contributed by atoms with E-state index in [2.05, 4.69) is 15.1 Å². The van der Waals surface area contributed by atoms with Crippen LogP contribution in [0.15, 0.2) is 12.5 Å². The van der Waals surface area contributed by atoms with Crippen LogP contribution in [0.3, 0.4) is 0 Å². The molecule has 3 rings (SSSR count). The molecule has 0 amide bonds. The molecule has 8 heteroatoms. The number of nitrogens with zero attached hydrogens (tertiary/aromatic N) is 4. The van der Waals surface area contributed by atoms with Crippen molar-refractivity contribution in [1.82, 2.24) is 19.7 Å². The average molecular weight is 251 g/mol. The van der Waals surface area contributed by atoms with Crippen LogP contribution in [0.25, 0.3) is 11.0 Å². The first-order valence-electron chi connectivity index (χ1n) is 5.58. The number of hydrogen-bond acceptors (Lipinski definition) is 7. The van der Waals surface area contributed by atoms with Gasteiger partial charge in [-0.2, -0.15) is 5.10 Å². The molecule has 1 saturated heterocycles. The lowest BCUT2D eigenvalue weighted by Gasteiger charge is -2.12. The van der Waals surface area contributed by atoms with E-state index in [0.29, 0.717) is 23.3 Å². The van der Waals surface area contributed by atoms with Gasteiger partial charge in [-0.25, -0.2) is 14.6 Å². The molecule has 18 heavy (non-hydrogen) atoms. The maximum absolute atomic E-state index is 9.70. The molecule has 0 aromatic carbocycles. The van der Waals surface area contributed by atoms with Crippen molar-refractivity contribution in [3.8, 4) is 0 Å². The molecule has 1 unspecified atom stereocenters. The van der Waals surface area contributed by atoms with Crippen molar-refractivity contribution >= 4 is 16.9 Å². The number of rotatable bonds is 2. The van der Waals surface area contributed by atoms with Crippen LogP contribution in [0.2, 0.25) is 0 Å². The summed E-state index contributed by atoms with van der Waals surface area (Å²) in [4.78, 5) is 7.98. The standard InChI is InChI=1S/C10H13N5O3/c11-9-5-2-14-15(10(5)13-4-12-9)8-1-6(17)7(3-16)18-8/h2,4,6-8,16-17H,1,3H2,(H2,11,12,13)/t6?,7-,8-/m1/s1. The topological polar surface area (TPSA) is 119 Å². The lowest BCUT2D eigenvalue weighted by Crippen LogP contribution is -2.24. The van der Waals surface area contributed by atoms with E-state index >= 15 is 0 Å². The van der Waals surface area contributed by atoms with Gasteiger partial charge in [0.2, 0.25) is 0 Å². The number of ether oxygens (including phenoxy) is 1. The zero-order valence-electron chi connectivity index (χ0n) is 9.47. The summed E-state index contributed by atoms with van der Waals surface area (Å²) < 4.78 is 7.06. The van der Waals surface area contributed by atoms with Gasteiger partial charge in [0, 0.05) is 6.42 Å². The molecular weight excluding hydrogens is 238 g/mol. The second-order valence-electron chi connectivity index (χ2n) is 4.20. The summed E-state index contributed by atoms with van der Waals surface area (Å²) in [5, 5.41) is 23.5. The van der Waals surface area contributed by atoms with Crippen LogP contribution in [0.1, 0.15) is 12.6 Å². The quantitative estimate of drug-likeness (QED) is 0.629. The molecule has 1 aliphatic rings. The second-order valence-corrected chi connectivity index (χ2v) is 4.20. The molecule has 96 valence electrons. The number of nitrogens with two attached hydrogens (primary N) is 1. The molecule has 8 nitrogen and oxygen atoms in total. The van der Waals surface area contributed by atoms with Gasteiger partial charge < -0.3 is 20.7 Å². The van der Waals surface area contributed by atoms with Crippen molar-refractivity contribution in [2.24, 2.45) is 0 Å². The first kappa shape index (κ1) is 11.3. The van der Waals surface area contributed by atoms with Crippen molar-refractivity contribution in [3.05, 3.63) is 12.5 Å². The third kappa shape index (κ3) is 1.62. The highest BCUT2D eigenvalue weighted by Gasteiger charge is 2.35. The van der Waals surface area contributed by atoms with E-state index in [-0.39, 0.29) is 6.61 Å². The van der Waals surface area contributed by atoms with Crippen LogP contribution in [0.4, 0.5) is 5.82 Å². The molecule has 4 N–H and O–H groups in total. The predicted octanol–water partition coefficient (Wildman–Crippen LogP) is -0.951. The van der Waals surface area contributed by atoms with Crippen LogP contribution in [-0.4, -0.2) is 48.8 Å². The number of anilines is 1. The first-order valence-corrected chi connectivity index (χ1v) is 5.58. The number of aliphatic hydroxyl groups excluding tert-OH is 2. The summed E-state index contributed by atoms with van der Waals surface area (Å²) in [7, 11) is 0. The van der Waals surface area contributed by atoms with E-state index < -0.39 is 18.4 Å². The van der Waals surface area contributed by atoms with E-state index in [1.807, 2.05) is 0 Å². The first-order chi connectivity index (χ1) is 8.70. The lowest BCUT2D eigenvalue weighted by molar-refractivity contribution is -0.0470. The number of fused-ring (bicyclic) bond motifs is 1. The molecule has 2 aromatic rings. The number of aromatic nitrogens is 4. The molecular formula is C10H13N5O3. The molecule has 0 radical (unpaired) electrons. The Bertz CT molecular complexity index is 572. The molecule has 3 atom stereocenters. The summed E-state index contributed by atoms with van der Waals surface area (Å²) in [5.41, 5.74) is 6.27. The predicted molar refractivity (Wildman–Crippen MR) is 61.4 cm³/mol. The fourth-order valence-electron chi connectivity index (χ4n) is 2.12. The second kappa shape index (κ2) is 4.16. The van der Waals surface area contributed by atoms with Gasteiger partial charge in [-0.1, -0.05) is 0 Å². The molecule has 1 aliphatic heterocycles. The van der Waals surface area contributed by atoms with Crippen molar-refractivity contribution < 1.29 is 14.9 Å². The smallest absolute Gasteiger partial charge is 0.165 e. The van der Waals surface area contributed by atoms with Gasteiger partial charge in [-0.3, -0.25) is 0 Å². The lowest BCUT2D eigenvalue weighted by atomic mass is 10.2. The minimum Gasteiger partial charge on any atom is -0.394 e. The van der Waals surface area contributed by atoms with Gasteiger partial charge in [0.1, 0.15) is 18.2 Å². The summed E-state index contributed by atoms with van der Waals surface area (Å²) in [5.74, 6) is 0.350. The maximum Gasteiger partial charge on any atom is 0.165 e. The Labute approximate surface area is 102 Å². The van der Waals surface area contributed by atoms with Crippen molar-refractivity contribution in [1.29, 1.82) is 0 Å². The molecule has 2 aromatic heterocycles. The minimum absolute atomic E-state index is 0.228. The summed E-state index contributed by atoms with van der Waals surface area (Å²) in [6.07, 6.45) is 1.51. The normalized spacial score (nSPS) is 28.0. The average Bonchev–Trinajstić information content (AvgIpc) is 2.93. The monoisotopic (exact) mass is 251 g/mol. The fourth-order valence-corrected chi connectivity index (χ4v) is 2.12. The van der Waals surface area contributed by atoms with Crippen LogP contribution in [-0.2, 0) is 4.74 Å². The number of hydrogen-bond donors (Lipinski definition) is 3. The molecule has 0 bridgehead atoms. The third-order valence-corrected chi connectivity index (χ3v) is 3.08. The van der Waals surface area contributed by atoms with Gasteiger partial charge in [0.25, 0.3) is 0 Å². The van der Waals surface area contributed by atoms with Crippen LogP contribution < -0.4 is 5.73 Å². The van der Waals surface area contributed by atoms with E-state index in [1.54, 1.807) is 10.9 Å². The van der Waals surface area contributed by atoms with Crippen LogP contribution in [0.5, 0.6) is 0 Å². The molecule has 0 saturated carbocycles. The summed E-state index contributed by atoms with van der Waals surface area (Å²) >= 11 is 0. The van der Waals surface area contributed by atoms with Crippen LogP contribution >= 0.6 is 0 Å². The molecule has 0 spiro atoms. The van der Waals surface area contributed by atoms with Crippen molar-refractivity contribution in [2.75, 3.05) is 12.3 Å². The van der Waals surface area contributed by atoms with Gasteiger partial charge in [0.05, 0.1) is 24.3 Å². The number of aliphatic hydroxyl groups is 2. The SMILES string of the molecule is Nc1ncnc2c1cnn2[C@H]1CC(O)[C@@H](CO)O1. The van der Waals surface area contributed by atoms with Gasteiger partial charge in [-0.15, -0.1) is 0 Å². The molecule has 1 fully saturated rings. The van der Waals surface area contributed by atoms with Gasteiger partial charge in [-0.05, 0) is 0 Å². The van der Waals surface area contributed by atoms with Crippen molar-refractivity contribution in [2.45, 2.75) is 24.9 Å². The number of nitrogen functional groups attached to an aromatic ring is 1. The highest BCUT2D eigenvalue weighted by Crippen LogP contribution is 2.30. The van der Waals surface area contributed by atoms with E-state index in [0.717, 1.165) is 0 Å². The Balaban J connectivity index is 1.99. The van der Waals surface area contributed by atoms with E-state index in [9.17, 15) is 5.11 Å². The zero-order chi connectivity index (χ0) is 12.7. The van der Waals surface area contributed by atoms with Gasteiger partial charge >= 0.3 is 0 Å². The summed E-state index contributed by atoms with van der Waals surface area (Å²) in [6.45, 7) is -0.228. The van der Waals surface area contributed by atoms with E-state index in [1.165, 1.54) is 6.33 Å². The highest BCUT2D eigenvalue weighted by atomic mass is 16.5. The highest BCUT2D eigenvalue weighted by molar-refractivity contribution is 5.84.